The number of amides is 4. The van der Waals surface area contributed by atoms with E-state index in [0.717, 1.165) is 19.1 Å². The number of hydrogen-bond acceptors (Lipinski definition) is 5. The lowest BCUT2D eigenvalue weighted by molar-refractivity contribution is -0.125. The van der Waals surface area contributed by atoms with Crippen molar-refractivity contribution in [2.75, 3.05) is 20.8 Å². The average molecular weight is 365 g/mol. The van der Waals surface area contributed by atoms with Crippen LogP contribution in [-0.4, -0.2) is 58.8 Å². The molecule has 2 atom stereocenters. The van der Waals surface area contributed by atoms with Crippen LogP contribution in [0.5, 0.6) is 0 Å². The smallest absolute Gasteiger partial charge is 0.408 e. The number of aliphatic hydroxyl groups excluding tert-OH is 1. The van der Waals surface area contributed by atoms with Crippen LogP contribution in [0.3, 0.4) is 0 Å². The fourth-order valence-corrected chi connectivity index (χ4v) is 2.01. The van der Waals surface area contributed by atoms with Crippen molar-refractivity contribution >= 4 is 52.8 Å². The Balaban J connectivity index is 0.00000191. The van der Waals surface area contributed by atoms with Crippen LogP contribution in [0.4, 0.5) is 9.59 Å². The molecule has 11 heteroatoms. The molecular formula is C10H16Cl3N3O5. The van der Waals surface area contributed by atoms with Gasteiger partial charge in [-0.1, -0.05) is 41.7 Å². The van der Waals surface area contributed by atoms with E-state index in [2.05, 4.69) is 15.4 Å². The van der Waals surface area contributed by atoms with Gasteiger partial charge in [0.25, 0.3) is 0 Å². The molecule has 1 saturated heterocycles. The monoisotopic (exact) mass is 363 g/mol. The molecule has 1 aliphatic heterocycles. The molecule has 3 N–H and O–H groups in total. The largest absolute Gasteiger partial charge is 0.453 e. The molecule has 1 fully saturated rings. The second kappa shape index (κ2) is 8.47. The van der Waals surface area contributed by atoms with E-state index in [1.807, 2.05) is 0 Å². The lowest BCUT2D eigenvalue weighted by Crippen LogP contribution is -2.64. The fourth-order valence-electron chi connectivity index (χ4n) is 1.49. The molecule has 0 aromatic heterocycles. The normalized spacial score (nSPS) is 20.0. The number of alkyl halides is 3. The van der Waals surface area contributed by atoms with Crippen molar-refractivity contribution in [3.8, 4) is 0 Å². The third-order valence-electron chi connectivity index (χ3n) is 2.47. The molecule has 0 spiro atoms. The van der Waals surface area contributed by atoms with Crippen LogP contribution in [0.1, 0.15) is 6.92 Å². The second-order valence-corrected chi connectivity index (χ2v) is 6.30. The van der Waals surface area contributed by atoms with Crippen molar-refractivity contribution in [3.05, 3.63) is 0 Å². The van der Waals surface area contributed by atoms with Crippen LogP contribution in [0.25, 0.3) is 0 Å². The maximum absolute atomic E-state index is 11.7. The van der Waals surface area contributed by atoms with Gasteiger partial charge in [-0.15, -0.1) is 0 Å². The number of hydrogen-bond donors (Lipinski definition) is 3. The lowest BCUT2D eigenvalue weighted by Gasteiger charge is -2.39. The summed E-state index contributed by atoms with van der Waals surface area (Å²) in [5, 5.41) is 11.3. The minimum Gasteiger partial charge on any atom is -0.453 e. The van der Waals surface area contributed by atoms with Crippen molar-refractivity contribution in [1.82, 2.24) is 15.5 Å². The minimum atomic E-state index is -1.98. The SMILES string of the molecule is CO.COC(=O)NC(N1CC(C)C(=O)NC1=O)C(Cl)(Cl)Cl. The molecule has 8 nitrogen and oxygen atoms in total. The number of aliphatic hydroxyl groups is 1. The summed E-state index contributed by atoms with van der Waals surface area (Å²) in [6, 6.07) is -0.754. The average Bonchev–Trinajstić information content (AvgIpc) is 2.41. The van der Waals surface area contributed by atoms with Crippen molar-refractivity contribution in [2.45, 2.75) is 16.9 Å². The Kier molecular flexibility index (Phi) is 8.09. The number of ether oxygens (including phenoxy) is 1. The molecule has 122 valence electrons. The molecule has 0 bridgehead atoms. The first-order chi connectivity index (χ1) is 9.66. The van der Waals surface area contributed by atoms with Gasteiger partial charge in [0.1, 0.15) is 0 Å². The number of methoxy groups -OCH3 is 1. The van der Waals surface area contributed by atoms with Gasteiger partial charge in [-0.3, -0.25) is 20.3 Å². The number of carbonyl (C=O) groups excluding carboxylic acids is 3. The Morgan fingerprint density at radius 2 is 2.00 bits per heavy atom. The summed E-state index contributed by atoms with van der Waals surface area (Å²) in [5.74, 6) is -0.922. The number of imide groups is 1. The fraction of sp³-hybridized carbons (Fsp3) is 0.700. The molecule has 0 aromatic rings. The highest BCUT2D eigenvalue weighted by Gasteiger charge is 2.44. The van der Waals surface area contributed by atoms with Gasteiger partial charge in [0.15, 0.2) is 6.17 Å². The molecule has 1 aliphatic rings. The van der Waals surface area contributed by atoms with Crippen LogP contribution in [0.2, 0.25) is 0 Å². The molecule has 4 amide bonds. The van der Waals surface area contributed by atoms with Gasteiger partial charge in [-0.25, -0.2) is 9.59 Å². The Morgan fingerprint density at radius 3 is 2.43 bits per heavy atom. The highest BCUT2D eigenvalue weighted by molar-refractivity contribution is 6.68. The third kappa shape index (κ3) is 5.74. The summed E-state index contributed by atoms with van der Waals surface area (Å²) in [4.78, 5) is 35.3. The number of alkyl carbamates (subject to hydrolysis) is 1. The van der Waals surface area contributed by atoms with E-state index in [1.165, 1.54) is 0 Å². The number of carbonyl (C=O) groups is 3. The van der Waals surface area contributed by atoms with E-state index in [-0.39, 0.29) is 6.54 Å². The van der Waals surface area contributed by atoms with E-state index >= 15 is 0 Å². The highest BCUT2D eigenvalue weighted by Crippen LogP contribution is 2.33. The Morgan fingerprint density at radius 1 is 1.48 bits per heavy atom. The first-order valence-corrected chi connectivity index (χ1v) is 6.77. The van der Waals surface area contributed by atoms with Crippen LogP contribution in [0.15, 0.2) is 0 Å². The number of urea groups is 1. The van der Waals surface area contributed by atoms with Gasteiger partial charge in [-0.2, -0.15) is 0 Å². The standard InChI is InChI=1S/C9H12Cl3N3O4.CH4O/c1-4-3-15(7(17)13-5(4)16)6(9(10,11)12)14-8(18)19-2;1-2/h4,6H,3H2,1-2H3,(H,14,18)(H,13,16,17);2H,1H3. The molecule has 1 rings (SSSR count). The zero-order valence-corrected chi connectivity index (χ0v) is 13.8. The Hall–Kier alpha value is -0.960. The van der Waals surface area contributed by atoms with Crippen molar-refractivity contribution in [3.63, 3.8) is 0 Å². The number of nitrogens with zero attached hydrogens (tertiary/aromatic N) is 1. The molecule has 0 saturated carbocycles. The maximum Gasteiger partial charge on any atom is 0.408 e. The summed E-state index contributed by atoms with van der Waals surface area (Å²) in [6.45, 7) is 1.61. The quantitative estimate of drug-likeness (QED) is 0.629. The maximum atomic E-state index is 11.7. The molecule has 0 aromatic carbocycles. The minimum absolute atomic E-state index is 0.00718. The summed E-state index contributed by atoms with van der Waals surface area (Å²) >= 11 is 17.2. The Labute approximate surface area is 136 Å². The molecule has 0 radical (unpaired) electrons. The number of halogens is 3. The first kappa shape index (κ1) is 20.0. The van der Waals surface area contributed by atoms with Crippen LogP contribution in [0, 0.1) is 5.92 Å². The van der Waals surface area contributed by atoms with Crippen molar-refractivity contribution in [1.29, 1.82) is 0 Å². The summed E-state index contributed by atoms with van der Waals surface area (Å²) < 4.78 is 2.42. The van der Waals surface area contributed by atoms with Gasteiger partial charge in [0, 0.05) is 13.7 Å². The first-order valence-electron chi connectivity index (χ1n) is 5.64. The van der Waals surface area contributed by atoms with Crippen LogP contribution < -0.4 is 10.6 Å². The zero-order chi connectivity index (χ0) is 16.8. The van der Waals surface area contributed by atoms with E-state index in [1.54, 1.807) is 6.92 Å². The van der Waals surface area contributed by atoms with Gasteiger partial charge in [-0.05, 0) is 0 Å². The lowest BCUT2D eigenvalue weighted by atomic mass is 10.1. The zero-order valence-electron chi connectivity index (χ0n) is 11.5. The number of nitrogens with one attached hydrogen (secondary N) is 2. The van der Waals surface area contributed by atoms with E-state index in [9.17, 15) is 14.4 Å². The summed E-state index contributed by atoms with van der Waals surface area (Å²) in [6.07, 6.45) is -2.13. The topological polar surface area (TPSA) is 108 Å². The van der Waals surface area contributed by atoms with Gasteiger partial charge < -0.3 is 9.84 Å². The molecule has 2 unspecified atom stereocenters. The predicted octanol–water partition coefficient (Wildman–Crippen LogP) is 0.835. The predicted molar refractivity (Wildman–Crippen MR) is 77.2 cm³/mol. The molecule has 1 heterocycles. The summed E-state index contributed by atoms with van der Waals surface area (Å²) in [5.41, 5.74) is 0. The summed E-state index contributed by atoms with van der Waals surface area (Å²) in [7, 11) is 2.13. The number of rotatable bonds is 2. The van der Waals surface area contributed by atoms with Gasteiger partial charge in [0.05, 0.1) is 13.0 Å². The van der Waals surface area contributed by atoms with Crippen molar-refractivity contribution in [2.24, 2.45) is 5.92 Å². The van der Waals surface area contributed by atoms with Crippen LogP contribution >= 0.6 is 34.8 Å². The second-order valence-electron chi connectivity index (χ2n) is 3.93. The van der Waals surface area contributed by atoms with Gasteiger partial charge >= 0.3 is 12.1 Å². The molecular weight excluding hydrogens is 348 g/mol. The van der Waals surface area contributed by atoms with Crippen molar-refractivity contribution < 1.29 is 24.2 Å². The highest BCUT2D eigenvalue weighted by atomic mass is 35.6. The van der Waals surface area contributed by atoms with E-state index in [0.29, 0.717) is 0 Å². The Bertz CT molecular complexity index is 402. The van der Waals surface area contributed by atoms with Crippen LogP contribution in [-0.2, 0) is 9.53 Å². The molecule has 0 aliphatic carbocycles. The third-order valence-corrected chi connectivity index (χ3v) is 3.09. The van der Waals surface area contributed by atoms with E-state index < -0.39 is 33.9 Å². The van der Waals surface area contributed by atoms with Gasteiger partial charge in [0.2, 0.25) is 9.70 Å². The molecule has 21 heavy (non-hydrogen) atoms. The van der Waals surface area contributed by atoms with E-state index in [4.69, 9.17) is 39.9 Å².